The van der Waals surface area contributed by atoms with Crippen molar-refractivity contribution in [2.75, 3.05) is 0 Å². The van der Waals surface area contributed by atoms with Crippen molar-refractivity contribution < 1.29 is 8.78 Å². The van der Waals surface area contributed by atoms with Crippen LogP contribution in [0.3, 0.4) is 0 Å². The van der Waals surface area contributed by atoms with Crippen molar-refractivity contribution in [3.05, 3.63) is 34.9 Å². The van der Waals surface area contributed by atoms with Gasteiger partial charge in [0, 0.05) is 10.4 Å². The van der Waals surface area contributed by atoms with Gasteiger partial charge in [0.2, 0.25) is 0 Å². The molecular weight excluding hydrogens is 298 g/mol. The molecule has 3 heteroatoms. The van der Waals surface area contributed by atoms with Gasteiger partial charge >= 0.3 is 0 Å². The fraction of sp³-hybridized carbons (Fsp3) is 0.600. The molecule has 0 aromatic heterocycles. The van der Waals surface area contributed by atoms with Crippen LogP contribution in [-0.4, -0.2) is 0 Å². The number of alkyl halides is 1. The maximum atomic E-state index is 13.9. The molecule has 0 radical (unpaired) electrons. The third-order valence-electron chi connectivity index (χ3n) is 4.05. The highest BCUT2D eigenvalue weighted by Crippen LogP contribution is 2.42. The van der Waals surface area contributed by atoms with Crippen LogP contribution in [-0.2, 0) is 0 Å². The summed E-state index contributed by atoms with van der Waals surface area (Å²) in [6, 6.07) is 2.65. The first-order chi connectivity index (χ1) is 8.49. The minimum atomic E-state index is -0.319. The smallest absolute Gasteiger partial charge is 0.128 e. The number of aryl methyl sites for hydroxylation is 1. The first-order valence-corrected chi connectivity index (χ1v) is 7.50. The number of hydrogen-bond donors (Lipinski definition) is 0. The lowest BCUT2D eigenvalue weighted by atomic mass is 9.80. The Morgan fingerprint density at radius 2 is 1.72 bits per heavy atom. The van der Waals surface area contributed by atoms with Crippen molar-refractivity contribution >= 4 is 15.9 Å². The molecule has 1 aromatic carbocycles. The first kappa shape index (κ1) is 14.0. The highest BCUT2D eigenvalue weighted by atomic mass is 79.9. The van der Waals surface area contributed by atoms with Crippen LogP contribution in [0.5, 0.6) is 0 Å². The fourth-order valence-corrected chi connectivity index (χ4v) is 3.58. The molecule has 0 amide bonds. The SMILES string of the molecule is Cc1cc(F)c(C(Br)C2CCC(C)CC2)cc1F. The van der Waals surface area contributed by atoms with Crippen LogP contribution in [0.1, 0.15) is 48.6 Å². The molecule has 1 aliphatic carbocycles. The molecule has 0 saturated heterocycles. The minimum Gasteiger partial charge on any atom is -0.207 e. The van der Waals surface area contributed by atoms with Crippen LogP contribution >= 0.6 is 15.9 Å². The predicted molar refractivity (Wildman–Crippen MR) is 73.9 cm³/mol. The Kier molecular flexibility index (Phi) is 4.41. The quantitative estimate of drug-likeness (QED) is 0.629. The van der Waals surface area contributed by atoms with Gasteiger partial charge in [-0.15, -0.1) is 0 Å². The van der Waals surface area contributed by atoms with Gasteiger partial charge < -0.3 is 0 Å². The maximum Gasteiger partial charge on any atom is 0.128 e. The topological polar surface area (TPSA) is 0 Å². The van der Waals surface area contributed by atoms with E-state index in [2.05, 4.69) is 22.9 Å². The standard InChI is InChI=1S/C15H19BrF2/c1-9-3-5-11(6-4-9)15(16)12-8-13(17)10(2)7-14(12)18/h7-9,11,15H,3-6H2,1-2H3. The van der Waals surface area contributed by atoms with E-state index in [0.717, 1.165) is 18.8 Å². The number of rotatable bonds is 2. The minimum absolute atomic E-state index is 0.0694. The van der Waals surface area contributed by atoms with Crippen LogP contribution in [0.25, 0.3) is 0 Å². The summed E-state index contributed by atoms with van der Waals surface area (Å²) >= 11 is 3.57. The van der Waals surface area contributed by atoms with Crippen molar-refractivity contribution in [1.82, 2.24) is 0 Å². The van der Waals surface area contributed by atoms with Gasteiger partial charge in [0.25, 0.3) is 0 Å². The zero-order chi connectivity index (χ0) is 13.3. The van der Waals surface area contributed by atoms with Gasteiger partial charge in [0.05, 0.1) is 0 Å². The molecule has 1 saturated carbocycles. The molecule has 0 N–H and O–H groups in total. The molecule has 0 heterocycles. The second-order valence-electron chi connectivity index (χ2n) is 5.54. The lowest BCUT2D eigenvalue weighted by Crippen LogP contribution is -2.17. The van der Waals surface area contributed by atoms with E-state index in [1.165, 1.54) is 25.0 Å². The van der Waals surface area contributed by atoms with Gasteiger partial charge in [0.1, 0.15) is 11.6 Å². The van der Waals surface area contributed by atoms with Gasteiger partial charge in [0.15, 0.2) is 0 Å². The van der Waals surface area contributed by atoms with Crippen molar-refractivity contribution in [3.8, 4) is 0 Å². The lowest BCUT2D eigenvalue weighted by molar-refractivity contribution is 0.285. The largest absolute Gasteiger partial charge is 0.207 e. The van der Waals surface area contributed by atoms with Crippen LogP contribution in [0, 0.1) is 30.4 Å². The number of benzene rings is 1. The molecule has 0 spiro atoms. The predicted octanol–water partition coefficient (Wildman–Crippen LogP) is 5.54. The van der Waals surface area contributed by atoms with Gasteiger partial charge in [-0.3, -0.25) is 0 Å². The number of halogens is 3. The van der Waals surface area contributed by atoms with E-state index < -0.39 is 0 Å². The van der Waals surface area contributed by atoms with Crippen molar-refractivity contribution in [1.29, 1.82) is 0 Å². The molecule has 100 valence electrons. The zero-order valence-electron chi connectivity index (χ0n) is 10.8. The second kappa shape index (κ2) is 5.68. The highest BCUT2D eigenvalue weighted by Gasteiger charge is 2.27. The number of hydrogen-bond acceptors (Lipinski definition) is 0. The molecule has 0 bridgehead atoms. The van der Waals surface area contributed by atoms with Gasteiger partial charge in [-0.05, 0) is 49.3 Å². The van der Waals surface area contributed by atoms with Crippen LogP contribution in [0.2, 0.25) is 0 Å². The van der Waals surface area contributed by atoms with E-state index in [-0.39, 0.29) is 16.5 Å². The Hall–Kier alpha value is -0.440. The summed E-state index contributed by atoms with van der Waals surface area (Å²) in [5.74, 6) is 0.563. The molecule has 2 rings (SSSR count). The molecule has 18 heavy (non-hydrogen) atoms. The molecule has 1 aliphatic rings. The Labute approximate surface area is 116 Å². The summed E-state index contributed by atoms with van der Waals surface area (Å²) in [6.07, 6.45) is 4.55. The van der Waals surface area contributed by atoms with E-state index in [1.807, 2.05) is 0 Å². The van der Waals surface area contributed by atoms with Crippen molar-refractivity contribution in [2.24, 2.45) is 11.8 Å². The Morgan fingerprint density at radius 3 is 2.33 bits per heavy atom. The molecule has 1 atom stereocenters. The van der Waals surface area contributed by atoms with Crippen molar-refractivity contribution in [3.63, 3.8) is 0 Å². The maximum absolute atomic E-state index is 13.9. The summed E-state index contributed by atoms with van der Waals surface area (Å²) in [6.45, 7) is 3.85. The average Bonchev–Trinajstić information content (AvgIpc) is 2.34. The molecule has 0 nitrogen and oxygen atoms in total. The molecular formula is C15H19BrF2. The molecule has 1 unspecified atom stereocenters. The van der Waals surface area contributed by atoms with E-state index >= 15 is 0 Å². The van der Waals surface area contributed by atoms with Gasteiger partial charge in [-0.25, -0.2) is 8.78 Å². The summed E-state index contributed by atoms with van der Waals surface area (Å²) in [5.41, 5.74) is 0.839. The van der Waals surface area contributed by atoms with E-state index in [9.17, 15) is 8.78 Å². The Morgan fingerprint density at radius 1 is 1.11 bits per heavy atom. The molecule has 0 aliphatic heterocycles. The van der Waals surface area contributed by atoms with Crippen LogP contribution < -0.4 is 0 Å². The summed E-state index contributed by atoms with van der Waals surface area (Å²) in [4.78, 5) is -0.0694. The van der Waals surface area contributed by atoms with E-state index in [4.69, 9.17) is 0 Å². The molecule has 1 fully saturated rings. The monoisotopic (exact) mass is 316 g/mol. The normalized spacial score (nSPS) is 26.1. The first-order valence-electron chi connectivity index (χ1n) is 6.58. The van der Waals surface area contributed by atoms with Crippen molar-refractivity contribution in [2.45, 2.75) is 44.4 Å². The third kappa shape index (κ3) is 2.93. The zero-order valence-corrected chi connectivity index (χ0v) is 12.4. The summed E-state index contributed by atoms with van der Waals surface area (Å²) in [5, 5.41) is 0. The summed E-state index contributed by atoms with van der Waals surface area (Å²) < 4.78 is 27.5. The van der Waals surface area contributed by atoms with Gasteiger partial charge in [-0.1, -0.05) is 35.7 Å². The van der Waals surface area contributed by atoms with E-state index in [0.29, 0.717) is 17.0 Å². The van der Waals surface area contributed by atoms with Crippen LogP contribution in [0.15, 0.2) is 12.1 Å². The van der Waals surface area contributed by atoms with Crippen LogP contribution in [0.4, 0.5) is 8.78 Å². The Balaban J connectivity index is 2.18. The van der Waals surface area contributed by atoms with E-state index in [1.54, 1.807) is 6.92 Å². The Bertz CT molecular complexity index is 423. The summed E-state index contributed by atoms with van der Waals surface area (Å²) in [7, 11) is 0. The average molecular weight is 317 g/mol. The van der Waals surface area contributed by atoms with Gasteiger partial charge in [-0.2, -0.15) is 0 Å². The molecule has 1 aromatic rings. The second-order valence-corrected chi connectivity index (χ2v) is 6.53. The lowest BCUT2D eigenvalue weighted by Gasteiger charge is -2.30. The third-order valence-corrected chi connectivity index (χ3v) is 5.29. The highest BCUT2D eigenvalue weighted by molar-refractivity contribution is 9.09. The fourth-order valence-electron chi connectivity index (χ4n) is 2.71.